The van der Waals surface area contributed by atoms with Gasteiger partial charge in [-0.25, -0.2) is 0 Å². The lowest BCUT2D eigenvalue weighted by Gasteiger charge is -2.18. The quantitative estimate of drug-likeness (QED) is 0.632. The van der Waals surface area contributed by atoms with Crippen LogP contribution in [0.5, 0.6) is 0 Å². The maximum absolute atomic E-state index is 5.50. The SMILES string of the molecule is C[CH](C)[Al]([CH2]CCN)[CH](C)C. The van der Waals surface area contributed by atoms with Crippen LogP contribution in [0, 0.1) is 0 Å². The molecule has 66 valence electrons. The van der Waals surface area contributed by atoms with Gasteiger partial charge < -0.3 is 5.73 Å². The van der Waals surface area contributed by atoms with Crippen molar-refractivity contribution >= 4 is 14.1 Å². The Kier molecular flexibility index (Phi) is 6.33. The van der Waals surface area contributed by atoms with E-state index in [-0.39, 0.29) is 0 Å². The molecule has 0 fully saturated rings. The minimum Gasteiger partial charge on any atom is -0.331 e. The molecule has 0 radical (unpaired) electrons. The van der Waals surface area contributed by atoms with E-state index in [0.717, 1.165) is 16.1 Å². The van der Waals surface area contributed by atoms with Gasteiger partial charge in [0.1, 0.15) is 0 Å². The Hall–Kier alpha value is 0.492. The molecule has 0 amide bonds. The van der Waals surface area contributed by atoms with Crippen molar-refractivity contribution in [3.8, 4) is 0 Å². The number of nitrogens with two attached hydrogens (primary N) is 1. The molecule has 0 aromatic carbocycles. The molecule has 0 saturated heterocycles. The summed E-state index contributed by atoms with van der Waals surface area (Å²) >= 11 is -0.478. The summed E-state index contributed by atoms with van der Waals surface area (Å²) in [5.74, 6) is 0. The molecule has 0 aromatic heterocycles. The standard InChI is InChI=1S/C3H8N.2C3H7.Al/c1-2-3-4;2*1-3-2;/h1-4H2;2*3H,1-2H3;. The maximum atomic E-state index is 5.50. The van der Waals surface area contributed by atoms with Crippen molar-refractivity contribution in [1.82, 2.24) is 0 Å². The van der Waals surface area contributed by atoms with E-state index < -0.39 is 14.1 Å². The first-order valence-corrected chi connectivity index (χ1v) is 6.94. The summed E-state index contributed by atoms with van der Waals surface area (Å²) in [5.41, 5.74) is 5.50. The highest BCUT2D eigenvalue weighted by atomic mass is 27.2. The summed E-state index contributed by atoms with van der Waals surface area (Å²) < 4.78 is 1.89. The number of rotatable bonds is 5. The highest BCUT2D eigenvalue weighted by Crippen LogP contribution is 2.24. The summed E-state index contributed by atoms with van der Waals surface area (Å²) in [6.45, 7) is 10.4. The average Bonchev–Trinajstić information content (AvgIpc) is 1.87. The highest BCUT2D eigenvalue weighted by Gasteiger charge is 2.23. The van der Waals surface area contributed by atoms with Gasteiger partial charge in [-0.3, -0.25) is 0 Å². The van der Waals surface area contributed by atoms with E-state index in [1.807, 2.05) is 0 Å². The Labute approximate surface area is 75.7 Å². The normalized spacial score (nSPS) is 11.2. The van der Waals surface area contributed by atoms with Crippen LogP contribution in [-0.4, -0.2) is 20.7 Å². The van der Waals surface area contributed by atoms with Crippen LogP contribution in [0.15, 0.2) is 0 Å². The molecule has 0 saturated carbocycles. The van der Waals surface area contributed by atoms with Crippen LogP contribution in [0.3, 0.4) is 0 Å². The van der Waals surface area contributed by atoms with E-state index in [4.69, 9.17) is 5.73 Å². The van der Waals surface area contributed by atoms with Crippen LogP contribution in [0.1, 0.15) is 34.1 Å². The predicted octanol–water partition coefficient (Wildman–Crippen LogP) is 2.65. The summed E-state index contributed by atoms with van der Waals surface area (Å²) in [6.07, 6.45) is 1.24. The second kappa shape index (κ2) is 6.06. The summed E-state index contributed by atoms with van der Waals surface area (Å²) in [7, 11) is 0. The second-order valence-corrected chi connectivity index (χ2v) is 8.65. The lowest BCUT2D eigenvalue weighted by atomic mass is 10.5. The molecular weight excluding hydrogens is 149 g/mol. The molecule has 0 atom stereocenters. The van der Waals surface area contributed by atoms with Crippen LogP contribution in [0.4, 0.5) is 0 Å². The summed E-state index contributed by atoms with van der Waals surface area (Å²) in [6, 6.07) is 0. The van der Waals surface area contributed by atoms with Gasteiger partial charge in [0.2, 0.25) is 0 Å². The largest absolute Gasteiger partial charge is 0.331 e. The molecule has 0 bridgehead atoms. The fourth-order valence-corrected chi connectivity index (χ4v) is 5.37. The third kappa shape index (κ3) is 4.85. The zero-order chi connectivity index (χ0) is 8.85. The molecule has 2 N–H and O–H groups in total. The smallest absolute Gasteiger partial charge is 0.267 e. The van der Waals surface area contributed by atoms with Gasteiger partial charge in [0, 0.05) is 0 Å². The van der Waals surface area contributed by atoms with Crippen LogP contribution in [0.2, 0.25) is 14.8 Å². The van der Waals surface area contributed by atoms with Gasteiger partial charge in [-0.05, 0) is 6.54 Å². The first-order valence-electron chi connectivity index (χ1n) is 4.79. The van der Waals surface area contributed by atoms with Crippen LogP contribution in [0.25, 0.3) is 0 Å². The van der Waals surface area contributed by atoms with Gasteiger partial charge in [0.25, 0.3) is 14.1 Å². The third-order valence-electron chi connectivity index (χ3n) is 2.45. The highest BCUT2D eigenvalue weighted by molar-refractivity contribution is 6.61. The zero-order valence-electron chi connectivity index (χ0n) is 8.43. The number of hydrogen-bond acceptors (Lipinski definition) is 1. The topological polar surface area (TPSA) is 26.0 Å². The fraction of sp³-hybridized carbons (Fsp3) is 1.00. The Balaban J connectivity index is 3.70. The molecule has 11 heavy (non-hydrogen) atoms. The first-order chi connectivity index (χ1) is 5.09. The van der Waals surface area contributed by atoms with E-state index in [2.05, 4.69) is 27.7 Å². The van der Waals surface area contributed by atoms with E-state index in [1.54, 1.807) is 0 Å². The Bertz CT molecular complexity index is 83.6. The predicted molar refractivity (Wildman–Crippen MR) is 54.4 cm³/mol. The van der Waals surface area contributed by atoms with Gasteiger partial charge >= 0.3 is 0 Å². The van der Waals surface area contributed by atoms with E-state index in [0.29, 0.717) is 0 Å². The summed E-state index contributed by atoms with van der Waals surface area (Å²) in [5, 5.41) is 1.44. The van der Waals surface area contributed by atoms with Crippen molar-refractivity contribution in [3.05, 3.63) is 0 Å². The molecule has 1 nitrogen and oxygen atoms in total. The Morgan fingerprint density at radius 2 is 1.55 bits per heavy atom. The molecule has 2 heteroatoms. The van der Waals surface area contributed by atoms with E-state index in [9.17, 15) is 0 Å². The van der Waals surface area contributed by atoms with Crippen LogP contribution >= 0.6 is 0 Å². The van der Waals surface area contributed by atoms with Gasteiger partial charge in [-0.2, -0.15) is 0 Å². The van der Waals surface area contributed by atoms with Crippen molar-refractivity contribution in [3.63, 3.8) is 0 Å². The molecule has 0 aliphatic heterocycles. The second-order valence-electron chi connectivity index (χ2n) is 4.08. The van der Waals surface area contributed by atoms with Gasteiger partial charge in [0.15, 0.2) is 0 Å². The van der Waals surface area contributed by atoms with Crippen molar-refractivity contribution in [2.75, 3.05) is 6.54 Å². The number of hydrogen-bond donors (Lipinski definition) is 1. The van der Waals surface area contributed by atoms with Crippen molar-refractivity contribution in [1.29, 1.82) is 0 Å². The van der Waals surface area contributed by atoms with E-state index in [1.165, 1.54) is 11.7 Å². The molecule has 0 rings (SSSR count). The molecule has 0 aliphatic rings. The average molecular weight is 171 g/mol. The first kappa shape index (κ1) is 11.5. The monoisotopic (exact) mass is 171 g/mol. The van der Waals surface area contributed by atoms with Crippen molar-refractivity contribution in [2.45, 2.75) is 49.0 Å². The fourth-order valence-electron chi connectivity index (χ4n) is 1.79. The van der Waals surface area contributed by atoms with E-state index >= 15 is 0 Å². The molecular formula is C9H22AlN. The molecule has 0 heterocycles. The molecule has 0 unspecified atom stereocenters. The van der Waals surface area contributed by atoms with Gasteiger partial charge in [-0.15, -0.1) is 0 Å². The lowest BCUT2D eigenvalue weighted by molar-refractivity contribution is 0.857. The summed E-state index contributed by atoms with van der Waals surface area (Å²) in [4.78, 5) is 0. The van der Waals surface area contributed by atoms with Crippen molar-refractivity contribution in [2.24, 2.45) is 5.73 Å². The minimum atomic E-state index is -0.478. The van der Waals surface area contributed by atoms with Crippen molar-refractivity contribution < 1.29 is 0 Å². The van der Waals surface area contributed by atoms with Gasteiger partial charge in [0.05, 0.1) is 0 Å². The Morgan fingerprint density at radius 3 is 1.82 bits per heavy atom. The third-order valence-corrected chi connectivity index (χ3v) is 6.95. The Morgan fingerprint density at radius 1 is 1.09 bits per heavy atom. The minimum absolute atomic E-state index is 0.478. The van der Waals surface area contributed by atoms with Gasteiger partial charge in [-0.1, -0.05) is 49.0 Å². The lowest BCUT2D eigenvalue weighted by Crippen LogP contribution is -2.21. The molecule has 0 aliphatic carbocycles. The molecule has 0 aromatic rings. The van der Waals surface area contributed by atoms with Crippen LogP contribution in [-0.2, 0) is 0 Å². The maximum Gasteiger partial charge on any atom is 0.267 e. The molecule has 0 spiro atoms. The van der Waals surface area contributed by atoms with Crippen LogP contribution < -0.4 is 5.73 Å². The zero-order valence-corrected chi connectivity index (χ0v) is 9.59.